The van der Waals surface area contributed by atoms with Crippen molar-refractivity contribution in [2.45, 2.75) is 13.1 Å². The molecule has 1 atom stereocenters. The molecule has 1 N–H and O–H groups in total. The molecule has 7 nitrogen and oxygen atoms in total. The molecule has 144 valence electrons. The number of nitrogens with zero attached hydrogens (tertiary/aromatic N) is 3. The van der Waals surface area contributed by atoms with E-state index < -0.39 is 6.17 Å². The Balaban J connectivity index is 1.98. The van der Waals surface area contributed by atoms with Crippen LogP contribution in [-0.2, 0) is 4.79 Å². The van der Waals surface area contributed by atoms with Gasteiger partial charge >= 0.3 is 0 Å². The number of fused-ring (bicyclic) bond motifs is 2. The van der Waals surface area contributed by atoms with Crippen LogP contribution < -0.4 is 25.4 Å². The van der Waals surface area contributed by atoms with E-state index in [1.807, 2.05) is 49.4 Å². The van der Waals surface area contributed by atoms with Crippen LogP contribution in [0, 0.1) is 0 Å². The topological polar surface area (TPSA) is 75.5 Å². The Morgan fingerprint density at radius 2 is 1.96 bits per heavy atom. The first-order valence-electron chi connectivity index (χ1n) is 8.88. The molecule has 1 amide bonds. The van der Waals surface area contributed by atoms with E-state index in [1.165, 1.54) is 11.8 Å². The fourth-order valence-electron chi connectivity index (χ4n) is 3.35. The van der Waals surface area contributed by atoms with Crippen LogP contribution in [0.25, 0.3) is 5.70 Å². The summed E-state index contributed by atoms with van der Waals surface area (Å²) in [6.45, 7) is 2.01. The van der Waals surface area contributed by atoms with Crippen molar-refractivity contribution in [3.8, 4) is 11.5 Å². The van der Waals surface area contributed by atoms with Gasteiger partial charge in [-0.15, -0.1) is 5.10 Å². The van der Waals surface area contributed by atoms with Crippen molar-refractivity contribution in [1.29, 1.82) is 0 Å². The highest BCUT2D eigenvalue weighted by atomic mass is 32.2. The molecular formula is C20H20N4O3S. The number of amides is 1. The second-order valence-electron chi connectivity index (χ2n) is 6.09. The quantitative estimate of drug-likeness (QED) is 0.850. The molecule has 0 fully saturated rings. The van der Waals surface area contributed by atoms with Crippen LogP contribution in [0.3, 0.4) is 0 Å². The Hall–Kier alpha value is -3.00. The van der Waals surface area contributed by atoms with Crippen LogP contribution in [0.1, 0.15) is 18.7 Å². The van der Waals surface area contributed by atoms with Gasteiger partial charge in [-0.05, 0) is 17.9 Å². The predicted molar refractivity (Wildman–Crippen MR) is 108 cm³/mol. The van der Waals surface area contributed by atoms with Crippen molar-refractivity contribution in [3.05, 3.63) is 58.6 Å². The fourth-order valence-corrected chi connectivity index (χ4v) is 3.93. The average molecular weight is 396 g/mol. The van der Waals surface area contributed by atoms with Crippen molar-refractivity contribution < 1.29 is 14.3 Å². The third kappa shape index (κ3) is 2.99. The Bertz CT molecular complexity index is 1080. The van der Waals surface area contributed by atoms with E-state index in [4.69, 9.17) is 14.5 Å². The van der Waals surface area contributed by atoms with E-state index in [2.05, 4.69) is 10.4 Å². The lowest BCUT2D eigenvalue weighted by molar-refractivity contribution is -0.116. The summed E-state index contributed by atoms with van der Waals surface area (Å²) in [5, 5.41) is 11.3. The van der Waals surface area contributed by atoms with Gasteiger partial charge < -0.3 is 9.47 Å². The largest absolute Gasteiger partial charge is 0.493 e. The van der Waals surface area contributed by atoms with Gasteiger partial charge in [-0.2, -0.15) is 0 Å². The molecule has 2 aromatic carbocycles. The standard InChI is InChI=1S/C20H20N4O3S/c1-4-28-20-22-19(25)16-12-8-5-6-10-14(12)21-18(24(16)23-20)13-9-7-11-15(26-2)17(13)27-3/h5-11,18H,4H2,1-3H3,(H,22,23,25)/t18-/m1/s1. The molecule has 0 radical (unpaired) electrons. The molecule has 0 aromatic heterocycles. The number of amidine groups is 1. The number of methoxy groups -OCH3 is 2. The normalized spacial score (nSPS) is 17.8. The van der Waals surface area contributed by atoms with E-state index >= 15 is 0 Å². The number of hydrazone groups is 1. The highest BCUT2D eigenvalue weighted by Gasteiger charge is 2.36. The first-order chi connectivity index (χ1) is 13.7. The Morgan fingerprint density at radius 3 is 2.71 bits per heavy atom. The highest BCUT2D eigenvalue weighted by molar-refractivity contribution is 8.13. The van der Waals surface area contributed by atoms with E-state index in [-0.39, 0.29) is 5.91 Å². The monoisotopic (exact) mass is 396 g/mol. The number of thioether (sulfide) groups is 1. The lowest BCUT2D eigenvalue weighted by atomic mass is 10.1. The van der Waals surface area contributed by atoms with E-state index in [0.717, 1.165) is 21.9 Å². The summed E-state index contributed by atoms with van der Waals surface area (Å²) in [6.07, 6.45) is -0.548. The number of ether oxygens (including phenoxy) is 2. The van der Waals surface area contributed by atoms with Crippen LogP contribution in [0.15, 0.2) is 52.6 Å². The second-order valence-corrected chi connectivity index (χ2v) is 7.34. The zero-order chi connectivity index (χ0) is 19.7. The van der Waals surface area contributed by atoms with Gasteiger partial charge in [0.25, 0.3) is 5.91 Å². The smallest absolute Gasteiger partial charge is 0.276 e. The summed E-state index contributed by atoms with van der Waals surface area (Å²) in [4.78, 5) is 17.8. The van der Waals surface area contributed by atoms with Gasteiger partial charge in [0, 0.05) is 10.8 Å². The molecule has 2 aromatic rings. The highest BCUT2D eigenvalue weighted by Crippen LogP contribution is 2.40. The molecule has 0 aliphatic carbocycles. The SMILES string of the molecule is CCSC1=NN2C(=c3ccccc3=N[C@H]2c2cccc(OC)c2OC)C(=O)N1. The molecule has 4 rings (SSSR count). The van der Waals surface area contributed by atoms with Gasteiger partial charge in [-0.3, -0.25) is 15.1 Å². The third-order valence-electron chi connectivity index (χ3n) is 4.51. The van der Waals surface area contributed by atoms with Gasteiger partial charge in [-0.1, -0.05) is 49.0 Å². The number of benzene rings is 2. The summed E-state index contributed by atoms with van der Waals surface area (Å²) >= 11 is 1.47. The molecule has 2 aliphatic heterocycles. The number of carbonyl (C=O) groups is 1. The van der Waals surface area contributed by atoms with Crippen molar-refractivity contribution in [2.75, 3.05) is 20.0 Å². The average Bonchev–Trinajstić information content (AvgIpc) is 2.72. The Morgan fingerprint density at radius 1 is 1.14 bits per heavy atom. The summed E-state index contributed by atoms with van der Waals surface area (Å²) in [5.74, 6) is 1.77. The maximum Gasteiger partial charge on any atom is 0.276 e. The van der Waals surface area contributed by atoms with Crippen LogP contribution in [-0.4, -0.2) is 36.1 Å². The van der Waals surface area contributed by atoms with Crippen LogP contribution in [0.5, 0.6) is 11.5 Å². The molecule has 0 spiro atoms. The second kappa shape index (κ2) is 7.55. The molecular weight excluding hydrogens is 376 g/mol. The van der Waals surface area contributed by atoms with Crippen LogP contribution >= 0.6 is 11.8 Å². The van der Waals surface area contributed by atoms with Gasteiger partial charge in [0.1, 0.15) is 5.70 Å². The maximum absolute atomic E-state index is 12.9. The molecule has 0 unspecified atom stereocenters. The van der Waals surface area contributed by atoms with Crippen LogP contribution in [0.2, 0.25) is 0 Å². The molecule has 0 saturated heterocycles. The minimum absolute atomic E-state index is 0.194. The van der Waals surface area contributed by atoms with Gasteiger partial charge in [0.15, 0.2) is 22.8 Å². The van der Waals surface area contributed by atoms with E-state index in [0.29, 0.717) is 22.4 Å². The summed E-state index contributed by atoms with van der Waals surface area (Å²) < 4.78 is 11.1. The van der Waals surface area contributed by atoms with Crippen molar-refractivity contribution in [1.82, 2.24) is 10.3 Å². The molecule has 2 aliphatic rings. The zero-order valence-corrected chi connectivity index (χ0v) is 16.6. The summed E-state index contributed by atoms with van der Waals surface area (Å²) in [5.41, 5.74) is 1.24. The fraction of sp³-hybridized carbons (Fsp3) is 0.250. The van der Waals surface area contributed by atoms with E-state index in [1.54, 1.807) is 19.2 Å². The molecule has 8 heteroatoms. The Labute approximate surface area is 166 Å². The number of nitrogens with one attached hydrogen (secondary N) is 1. The summed E-state index contributed by atoms with van der Waals surface area (Å²) in [7, 11) is 3.18. The lowest BCUT2D eigenvalue weighted by Gasteiger charge is -2.34. The van der Waals surface area contributed by atoms with Gasteiger partial charge in [0.2, 0.25) is 0 Å². The lowest BCUT2D eigenvalue weighted by Crippen LogP contribution is -2.50. The van der Waals surface area contributed by atoms with Crippen molar-refractivity contribution in [2.24, 2.45) is 10.1 Å². The summed E-state index contributed by atoms with van der Waals surface area (Å²) in [6, 6.07) is 13.2. The number of hydrogen-bond acceptors (Lipinski definition) is 7. The molecule has 0 saturated carbocycles. The molecule has 28 heavy (non-hydrogen) atoms. The number of para-hydroxylation sites is 2. The third-order valence-corrected chi connectivity index (χ3v) is 5.25. The first-order valence-corrected chi connectivity index (χ1v) is 9.86. The van der Waals surface area contributed by atoms with Gasteiger partial charge in [-0.25, -0.2) is 5.01 Å². The van der Waals surface area contributed by atoms with Gasteiger partial charge in [0.05, 0.1) is 19.6 Å². The molecule has 0 bridgehead atoms. The van der Waals surface area contributed by atoms with Crippen LogP contribution in [0.4, 0.5) is 0 Å². The van der Waals surface area contributed by atoms with E-state index in [9.17, 15) is 4.79 Å². The van der Waals surface area contributed by atoms with Crippen molar-refractivity contribution >= 4 is 28.5 Å². The first kappa shape index (κ1) is 18.4. The Kier molecular flexibility index (Phi) is 4.95. The zero-order valence-electron chi connectivity index (χ0n) is 15.8. The molecule has 2 heterocycles. The predicted octanol–water partition coefficient (Wildman–Crippen LogP) is 1.60. The minimum Gasteiger partial charge on any atom is -0.493 e. The number of hydrogen-bond donors (Lipinski definition) is 1. The minimum atomic E-state index is -0.548. The van der Waals surface area contributed by atoms with Crippen molar-refractivity contribution in [3.63, 3.8) is 0 Å². The maximum atomic E-state index is 12.9. The number of rotatable bonds is 4. The number of carbonyl (C=O) groups excluding carboxylic acids is 1.